The lowest BCUT2D eigenvalue weighted by Gasteiger charge is -2.20. The third-order valence-corrected chi connectivity index (χ3v) is 3.83. The van der Waals surface area contributed by atoms with E-state index in [1.165, 1.54) is 19.3 Å². The first kappa shape index (κ1) is 11.8. The molecule has 2 aliphatic rings. The average molecular weight is 251 g/mol. The van der Waals surface area contributed by atoms with E-state index in [4.69, 9.17) is 5.73 Å². The molecule has 0 aromatic carbocycles. The van der Waals surface area contributed by atoms with Crippen LogP contribution in [0.2, 0.25) is 0 Å². The maximum atomic E-state index is 10.2. The van der Waals surface area contributed by atoms with Crippen LogP contribution in [0, 0.1) is 0 Å². The minimum Gasteiger partial charge on any atom is -0.391 e. The van der Waals surface area contributed by atoms with E-state index in [1.54, 1.807) is 4.68 Å². The van der Waals surface area contributed by atoms with Crippen molar-refractivity contribution in [3.63, 3.8) is 0 Å². The van der Waals surface area contributed by atoms with Crippen LogP contribution in [0.3, 0.4) is 0 Å². The van der Waals surface area contributed by atoms with E-state index in [0.29, 0.717) is 17.9 Å². The molecule has 2 saturated carbocycles. The van der Waals surface area contributed by atoms with Gasteiger partial charge in [0.1, 0.15) is 0 Å². The average Bonchev–Trinajstić information content (AvgIpc) is 3.09. The Morgan fingerprint density at radius 1 is 1.17 bits per heavy atom. The molecule has 1 aromatic heterocycles. The first-order chi connectivity index (χ1) is 8.74. The maximum absolute atomic E-state index is 10.2. The number of nitrogens with two attached hydrogens (primary N) is 1. The molecule has 2 unspecified atom stereocenters. The van der Waals surface area contributed by atoms with Crippen molar-refractivity contribution < 1.29 is 5.11 Å². The minimum atomic E-state index is -0.356. The lowest BCUT2D eigenvalue weighted by Crippen LogP contribution is -2.25. The number of hydrogen-bond donors (Lipinski definition) is 3. The van der Waals surface area contributed by atoms with Crippen molar-refractivity contribution in [1.29, 1.82) is 0 Å². The molecule has 2 atom stereocenters. The summed E-state index contributed by atoms with van der Waals surface area (Å²) < 4.78 is 1.71. The second kappa shape index (κ2) is 4.76. The Balaban J connectivity index is 1.78. The van der Waals surface area contributed by atoms with Gasteiger partial charge in [-0.05, 0) is 25.7 Å². The van der Waals surface area contributed by atoms with Crippen LogP contribution in [0.5, 0.6) is 0 Å². The summed E-state index contributed by atoms with van der Waals surface area (Å²) in [5.41, 5.74) is 5.92. The Bertz CT molecular complexity index is 415. The van der Waals surface area contributed by atoms with Gasteiger partial charge in [0, 0.05) is 6.04 Å². The topological polar surface area (TPSA) is 89.0 Å². The molecule has 0 radical (unpaired) electrons. The van der Waals surface area contributed by atoms with Crippen molar-refractivity contribution in [3.8, 4) is 0 Å². The molecule has 6 nitrogen and oxygen atoms in total. The Morgan fingerprint density at radius 3 is 2.72 bits per heavy atom. The molecule has 1 aromatic rings. The van der Waals surface area contributed by atoms with Crippen molar-refractivity contribution >= 4 is 11.9 Å². The third kappa shape index (κ3) is 2.43. The van der Waals surface area contributed by atoms with Gasteiger partial charge >= 0.3 is 0 Å². The van der Waals surface area contributed by atoms with E-state index >= 15 is 0 Å². The zero-order chi connectivity index (χ0) is 12.5. The molecule has 18 heavy (non-hydrogen) atoms. The van der Waals surface area contributed by atoms with Gasteiger partial charge < -0.3 is 16.2 Å². The largest absolute Gasteiger partial charge is 0.391 e. The van der Waals surface area contributed by atoms with Crippen LogP contribution >= 0.6 is 0 Å². The second-order valence-electron chi connectivity index (χ2n) is 5.43. The molecular weight excluding hydrogens is 230 g/mol. The highest BCUT2D eigenvalue weighted by atomic mass is 16.3. The number of hydrogen-bond acceptors (Lipinski definition) is 5. The van der Waals surface area contributed by atoms with E-state index < -0.39 is 0 Å². The first-order valence-corrected chi connectivity index (χ1v) is 6.90. The number of nitrogens with one attached hydrogen (secondary N) is 1. The second-order valence-corrected chi connectivity index (χ2v) is 5.43. The van der Waals surface area contributed by atoms with E-state index in [2.05, 4.69) is 15.4 Å². The van der Waals surface area contributed by atoms with E-state index in [-0.39, 0.29) is 12.1 Å². The van der Waals surface area contributed by atoms with Gasteiger partial charge in [-0.25, -0.2) is 4.68 Å². The molecule has 0 aliphatic heterocycles. The summed E-state index contributed by atoms with van der Waals surface area (Å²) in [7, 11) is 0. The predicted molar refractivity (Wildman–Crippen MR) is 69.2 cm³/mol. The molecule has 100 valence electrons. The summed E-state index contributed by atoms with van der Waals surface area (Å²) in [5.74, 6) is 1.01. The highest BCUT2D eigenvalue weighted by Crippen LogP contribution is 2.30. The molecule has 0 amide bonds. The van der Waals surface area contributed by atoms with E-state index in [9.17, 15) is 5.11 Å². The molecule has 0 saturated heterocycles. The summed E-state index contributed by atoms with van der Waals surface area (Å²) in [5, 5.41) is 17.8. The number of nitrogen functional groups attached to an aromatic ring is 1. The highest BCUT2D eigenvalue weighted by molar-refractivity contribution is 5.34. The van der Waals surface area contributed by atoms with Crippen LogP contribution in [0.15, 0.2) is 0 Å². The molecule has 6 heteroatoms. The van der Waals surface area contributed by atoms with Crippen LogP contribution in [-0.4, -0.2) is 32.0 Å². The smallest absolute Gasteiger partial charge is 0.244 e. The quantitative estimate of drug-likeness (QED) is 0.705. The van der Waals surface area contributed by atoms with Crippen LogP contribution in [0.1, 0.15) is 51.0 Å². The van der Waals surface area contributed by atoms with Crippen molar-refractivity contribution in [2.75, 3.05) is 11.1 Å². The van der Waals surface area contributed by atoms with Crippen LogP contribution in [0.4, 0.5) is 11.9 Å². The van der Waals surface area contributed by atoms with Gasteiger partial charge in [0.2, 0.25) is 11.9 Å². The monoisotopic (exact) mass is 251 g/mol. The van der Waals surface area contributed by atoms with Crippen molar-refractivity contribution in [2.24, 2.45) is 0 Å². The highest BCUT2D eigenvalue weighted by Gasteiger charge is 2.28. The molecule has 4 N–H and O–H groups in total. The summed E-state index contributed by atoms with van der Waals surface area (Å²) in [6.45, 7) is 0. The standard InChI is InChI=1S/C12H21N5O/c13-11-15-12(14-8-6-7-8)16-17(11)9-4-2-1-3-5-10(9)18/h8-10,18H,1-7H2,(H3,13,14,15,16). The first-order valence-electron chi connectivity index (χ1n) is 6.90. The number of nitrogens with zero attached hydrogens (tertiary/aromatic N) is 3. The van der Waals surface area contributed by atoms with Gasteiger partial charge in [-0.3, -0.25) is 0 Å². The lowest BCUT2D eigenvalue weighted by atomic mass is 10.1. The fourth-order valence-electron chi connectivity index (χ4n) is 2.60. The van der Waals surface area contributed by atoms with E-state index in [1.807, 2.05) is 0 Å². The molecule has 0 bridgehead atoms. The Hall–Kier alpha value is -1.30. The van der Waals surface area contributed by atoms with Gasteiger partial charge in [0.15, 0.2) is 0 Å². The van der Waals surface area contributed by atoms with Gasteiger partial charge in [-0.15, -0.1) is 5.10 Å². The number of aliphatic hydroxyl groups excluding tert-OH is 1. The molecular formula is C12H21N5O. The number of aromatic nitrogens is 3. The van der Waals surface area contributed by atoms with Gasteiger partial charge in [0.25, 0.3) is 0 Å². The van der Waals surface area contributed by atoms with Crippen molar-refractivity contribution in [3.05, 3.63) is 0 Å². The van der Waals surface area contributed by atoms with Gasteiger partial charge in [-0.1, -0.05) is 19.3 Å². The summed E-state index contributed by atoms with van der Waals surface area (Å²) in [6, 6.07) is 0.495. The minimum absolute atomic E-state index is 0.0187. The van der Waals surface area contributed by atoms with E-state index in [0.717, 1.165) is 25.7 Å². The van der Waals surface area contributed by atoms with Crippen LogP contribution in [-0.2, 0) is 0 Å². The fourth-order valence-corrected chi connectivity index (χ4v) is 2.60. The van der Waals surface area contributed by atoms with Crippen LogP contribution < -0.4 is 11.1 Å². The number of aliphatic hydroxyl groups is 1. The Kier molecular flexibility index (Phi) is 3.11. The zero-order valence-corrected chi connectivity index (χ0v) is 10.5. The molecule has 2 fully saturated rings. The zero-order valence-electron chi connectivity index (χ0n) is 10.5. The van der Waals surface area contributed by atoms with Crippen molar-refractivity contribution in [2.45, 2.75) is 63.1 Å². The molecule has 3 rings (SSSR count). The van der Waals surface area contributed by atoms with Crippen LogP contribution in [0.25, 0.3) is 0 Å². The van der Waals surface area contributed by atoms with Gasteiger partial charge in [0.05, 0.1) is 12.1 Å². The SMILES string of the molecule is Nc1nc(NC2CC2)nn1C1CCCCCC1O. The summed E-state index contributed by atoms with van der Waals surface area (Å²) >= 11 is 0. The van der Waals surface area contributed by atoms with Crippen molar-refractivity contribution in [1.82, 2.24) is 14.8 Å². The third-order valence-electron chi connectivity index (χ3n) is 3.83. The Labute approximate surface area is 107 Å². The normalized spacial score (nSPS) is 28.9. The summed E-state index contributed by atoms with van der Waals surface area (Å²) in [6.07, 6.45) is 7.14. The molecule has 1 heterocycles. The summed E-state index contributed by atoms with van der Waals surface area (Å²) in [4.78, 5) is 4.24. The number of anilines is 2. The predicted octanol–water partition coefficient (Wildman–Crippen LogP) is 1.30. The van der Waals surface area contributed by atoms with Gasteiger partial charge in [-0.2, -0.15) is 4.98 Å². The molecule has 0 spiro atoms. The number of rotatable bonds is 3. The Morgan fingerprint density at radius 2 is 1.94 bits per heavy atom. The lowest BCUT2D eigenvalue weighted by molar-refractivity contribution is 0.100. The maximum Gasteiger partial charge on any atom is 0.244 e. The molecule has 2 aliphatic carbocycles. The fraction of sp³-hybridized carbons (Fsp3) is 0.833.